The maximum absolute atomic E-state index is 11.1. The molecular weight excluding hydrogens is 260 g/mol. The Morgan fingerprint density at radius 2 is 2.16 bits per heavy atom. The Morgan fingerprint density at radius 3 is 2.89 bits per heavy atom. The summed E-state index contributed by atoms with van der Waals surface area (Å²) >= 11 is 1.69. The highest BCUT2D eigenvalue weighted by Gasteiger charge is 2.13. The summed E-state index contributed by atoms with van der Waals surface area (Å²) < 4.78 is 1.16. The Kier molecular flexibility index (Phi) is 3.50. The minimum atomic E-state index is -0.860. The molecule has 100 valence electrons. The number of rotatable bonds is 3. The Balaban J connectivity index is 1.89. The standard InChI is InChI=1S/C14H16N2O2S/c17-14(18)10-1-2-13-12(7-10)11(9-19-13)8-16-5-3-15-4-6-16/h1-2,7,9,15H,3-6,8H2,(H,17,18). The molecule has 19 heavy (non-hydrogen) atoms. The molecule has 0 radical (unpaired) electrons. The molecule has 1 aliphatic rings. The molecule has 2 N–H and O–H groups in total. The van der Waals surface area contributed by atoms with Crippen LogP contribution in [0.15, 0.2) is 23.6 Å². The van der Waals surface area contributed by atoms with Crippen LogP contribution in [0.2, 0.25) is 0 Å². The molecule has 0 spiro atoms. The van der Waals surface area contributed by atoms with E-state index in [-0.39, 0.29) is 0 Å². The second-order valence-corrected chi connectivity index (χ2v) is 5.71. The molecule has 1 aromatic carbocycles. The number of carboxylic acid groups (broad SMARTS) is 1. The van der Waals surface area contributed by atoms with Crippen molar-refractivity contribution in [1.29, 1.82) is 0 Å². The molecule has 1 saturated heterocycles. The summed E-state index contributed by atoms with van der Waals surface area (Å²) in [6.45, 7) is 5.07. The Labute approximate surface area is 115 Å². The summed E-state index contributed by atoms with van der Waals surface area (Å²) in [5.74, 6) is -0.860. The highest BCUT2D eigenvalue weighted by molar-refractivity contribution is 7.17. The van der Waals surface area contributed by atoms with Gasteiger partial charge in [-0.2, -0.15) is 0 Å². The lowest BCUT2D eigenvalue weighted by atomic mass is 10.1. The Morgan fingerprint density at radius 1 is 1.37 bits per heavy atom. The summed E-state index contributed by atoms with van der Waals surface area (Å²) in [5, 5.41) is 15.7. The third kappa shape index (κ3) is 2.63. The molecule has 0 amide bonds. The zero-order valence-corrected chi connectivity index (χ0v) is 11.4. The second-order valence-electron chi connectivity index (χ2n) is 4.80. The third-order valence-corrected chi connectivity index (χ3v) is 4.52. The maximum Gasteiger partial charge on any atom is 0.335 e. The number of benzene rings is 1. The van der Waals surface area contributed by atoms with E-state index >= 15 is 0 Å². The van der Waals surface area contributed by atoms with E-state index < -0.39 is 5.97 Å². The van der Waals surface area contributed by atoms with Gasteiger partial charge >= 0.3 is 5.97 Å². The minimum absolute atomic E-state index is 0.368. The monoisotopic (exact) mass is 276 g/mol. The van der Waals surface area contributed by atoms with Gasteiger partial charge in [-0.25, -0.2) is 4.79 Å². The van der Waals surface area contributed by atoms with Crippen molar-refractivity contribution in [3.05, 3.63) is 34.7 Å². The van der Waals surface area contributed by atoms with Crippen molar-refractivity contribution in [2.75, 3.05) is 26.2 Å². The van der Waals surface area contributed by atoms with Gasteiger partial charge in [-0.3, -0.25) is 4.90 Å². The topological polar surface area (TPSA) is 52.6 Å². The number of fused-ring (bicyclic) bond motifs is 1. The average molecular weight is 276 g/mol. The zero-order valence-electron chi connectivity index (χ0n) is 10.6. The van der Waals surface area contributed by atoms with Crippen molar-refractivity contribution in [2.24, 2.45) is 0 Å². The van der Waals surface area contributed by atoms with Crippen LogP contribution in [0.4, 0.5) is 0 Å². The van der Waals surface area contributed by atoms with Gasteiger partial charge in [0.05, 0.1) is 5.56 Å². The van der Waals surface area contributed by atoms with Gasteiger partial charge in [0.25, 0.3) is 0 Å². The van der Waals surface area contributed by atoms with Gasteiger partial charge in [0.2, 0.25) is 0 Å². The quantitative estimate of drug-likeness (QED) is 0.900. The molecule has 2 aromatic rings. The molecule has 1 aliphatic heterocycles. The van der Waals surface area contributed by atoms with Gasteiger partial charge in [-0.05, 0) is 34.5 Å². The number of nitrogens with one attached hydrogen (secondary N) is 1. The molecular formula is C14H16N2O2S. The van der Waals surface area contributed by atoms with Crippen LogP contribution in [-0.4, -0.2) is 42.2 Å². The number of carbonyl (C=O) groups is 1. The lowest BCUT2D eigenvalue weighted by molar-refractivity contribution is 0.0697. The summed E-state index contributed by atoms with van der Waals surface area (Å²) in [7, 11) is 0. The van der Waals surface area contributed by atoms with Gasteiger partial charge in [0, 0.05) is 37.4 Å². The van der Waals surface area contributed by atoms with Crippen LogP contribution in [-0.2, 0) is 6.54 Å². The number of thiophene rings is 1. The number of piperazine rings is 1. The van der Waals surface area contributed by atoms with Crippen LogP contribution >= 0.6 is 11.3 Å². The van der Waals surface area contributed by atoms with Crippen molar-refractivity contribution in [2.45, 2.75) is 6.54 Å². The van der Waals surface area contributed by atoms with E-state index in [1.807, 2.05) is 6.07 Å². The van der Waals surface area contributed by atoms with E-state index in [4.69, 9.17) is 5.11 Å². The Bertz CT molecular complexity index is 603. The van der Waals surface area contributed by atoms with Crippen molar-refractivity contribution in [3.63, 3.8) is 0 Å². The first-order valence-electron chi connectivity index (χ1n) is 6.40. The van der Waals surface area contributed by atoms with Gasteiger partial charge in [-0.15, -0.1) is 11.3 Å². The van der Waals surface area contributed by atoms with Gasteiger partial charge < -0.3 is 10.4 Å². The molecule has 1 aromatic heterocycles. The molecule has 0 atom stereocenters. The largest absolute Gasteiger partial charge is 0.478 e. The smallest absolute Gasteiger partial charge is 0.335 e. The predicted molar refractivity (Wildman–Crippen MR) is 76.9 cm³/mol. The third-order valence-electron chi connectivity index (χ3n) is 3.50. The fourth-order valence-electron chi connectivity index (χ4n) is 2.45. The van der Waals surface area contributed by atoms with E-state index in [9.17, 15) is 4.79 Å². The molecule has 0 saturated carbocycles. The van der Waals surface area contributed by atoms with Crippen molar-refractivity contribution in [1.82, 2.24) is 10.2 Å². The highest BCUT2D eigenvalue weighted by Crippen LogP contribution is 2.28. The lowest BCUT2D eigenvalue weighted by Crippen LogP contribution is -2.42. The van der Waals surface area contributed by atoms with E-state index in [2.05, 4.69) is 15.6 Å². The summed E-state index contributed by atoms with van der Waals surface area (Å²) in [5.41, 5.74) is 1.61. The minimum Gasteiger partial charge on any atom is -0.478 e. The first-order chi connectivity index (χ1) is 9.24. The van der Waals surface area contributed by atoms with E-state index in [0.717, 1.165) is 42.8 Å². The van der Waals surface area contributed by atoms with E-state index in [1.165, 1.54) is 5.56 Å². The van der Waals surface area contributed by atoms with Crippen LogP contribution in [0.1, 0.15) is 15.9 Å². The molecule has 5 heteroatoms. The molecule has 0 aliphatic carbocycles. The number of carboxylic acids is 1. The van der Waals surface area contributed by atoms with Crippen molar-refractivity contribution in [3.8, 4) is 0 Å². The summed E-state index contributed by atoms with van der Waals surface area (Å²) in [4.78, 5) is 13.5. The van der Waals surface area contributed by atoms with Gasteiger partial charge in [0.15, 0.2) is 0 Å². The summed E-state index contributed by atoms with van der Waals surface area (Å²) in [6.07, 6.45) is 0. The maximum atomic E-state index is 11.1. The highest BCUT2D eigenvalue weighted by atomic mass is 32.1. The second kappa shape index (κ2) is 5.28. The predicted octanol–water partition coefficient (Wildman–Crippen LogP) is 2.00. The number of hydrogen-bond acceptors (Lipinski definition) is 4. The summed E-state index contributed by atoms with van der Waals surface area (Å²) in [6, 6.07) is 5.38. The van der Waals surface area contributed by atoms with Crippen LogP contribution in [0.3, 0.4) is 0 Å². The van der Waals surface area contributed by atoms with Crippen molar-refractivity contribution >= 4 is 27.4 Å². The average Bonchev–Trinajstić information content (AvgIpc) is 2.82. The van der Waals surface area contributed by atoms with Crippen LogP contribution < -0.4 is 5.32 Å². The number of nitrogens with zero attached hydrogens (tertiary/aromatic N) is 1. The van der Waals surface area contributed by atoms with E-state index in [1.54, 1.807) is 23.5 Å². The zero-order chi connectivity index (χ0) is 13.2. The molecule has 1 fully saturated rings. The van der Waals surface area contributed by atoms with Crippen LogP contribution in [0.25, 0.3) is 10.1 Å². The SMILES string of the molecule is O=C(O)c1ccc2scc(CN3CCNCC3)c2c1. The van der Waals surface area contributed by atoms with Crippen LogP contribution in [0, 0.1) is 0 Å². The Hall–Kier alpha value is -1.43. The normalized spacial score (nSPS) is 16.8. The van der Waals surface area contributed by atoms with Crippen molar-refractivity contribution < 1.29 is 9.90 Å². The molecule has 4 nitrogen and oxygen atoms in total. The number of aromatic carboxylic acids is 1. The first kappa shape index (κ1) is 12.6. The fraction of sp³-hybridized carbons (Fsp3) is 0.357. The lowest BCUT2D eigenvalue weighted by Gasteiger charge is -2.26. The van der Waals surface area contributed by atoms with E-state index in [0.29, 0.717) is 5.56 Å². The fourth-order valence-corrected chi connectivity index (χ4v) is 3.38. The van der Waals surface area contributed by atoms with Gasteiger partial charge in [0.1, 0.15) is 0 Å². The van der Waals surface area contributed by atoms with Crippen LogP contribution in [0.5, 0.6) is 0 Å². The van der Waals surface area contributed by atoms with Gasteiger partial charge in [-0.1, -0.05) is 0 Å². The molecule has 0 bridgehead atoms. The first-order valence-corrected chi connectivity index (χ1v) is 7.28. The molecule has 2 heterocycles. The number of hydrogen-bond donors (Lipinski definition) is 2. The molecule has 3 rings (SSSR count). The molecule has 0 unspecified atom stereocenters.